The summed E-state index contributed by atoms with van der Waals surface area (Å²) >= 11 is 0. The summed E-state index contributed by atoms with van der Waals surface area (Å²) in [6.45, 7) is 0.802. The molecule has 0 aromatic rings. The number of rotatable bonds is 9. The Labute approximate surface area is 87.7 Å². The fourth-order valence-electron chi connectivity index (χ4n) is 1.47. The molecule has 0 saturated carbocycles. The Bertz CT molecular complexity index is 134. The van der Waals surface area contributed by atoms with Crippen molar-refractivity contribution in [2.75, 3.05) is 6.54 Å². The van der Waals surface area contributed by atoms with Crippen LogP contribution in [0.25, 0.3) is 0 Å². The molecule has 0 rings (SSSR count). The van der Waals surface area contributed by atoms with Gasteiger partial charge >= 0.3 is 0 Å². The standard InChI is InChI=1S/C11H25N3/c12-9-5-1-3-7-11(14)8-4-2-6-10-13/h5,9,11H,1-4,6-8,10,12-14H2. The van der Waals surface area contributed by atoms with Gasteiger partial charge in [0.25, 0.3) is 0 Å². The minimum atomic E-state index is 0.360. The van der Waals surface area contributed by atoms with Gasteiger partial charge in [-0.05, 0) is 44.8 Å². The molecule has 0 radical (unpaired) electrons. The second-order valence-corrected chi connectivity index (χ2v) is 3.76. The number of allylic oxidation sites excluding steroid dienone is 1. The molecule has 0 aliphatic rings. The van der Waals surface area contributed by atoms with Crippen LogP contribution in [0.15, 0.2) is 12.3 Å². The summed E-state index contributed by atoms with van der Waals surface area (Å²) in [6, 6.07) is 0.360. The first kappa shape index (κ1) is 13.5. The Hall–Kier alpha value is -0.540. The Morgan fingerprint density at radius 3 is 2.36 bits per heavy atom. The number of hydrogen-bond acceptors (Lipinski definition) is 3. The second kappa shape index (κ2) is 10.5. The molecule has 0 saturated heterocycles. The largest absolute Gasteiger partial charge is 0.405 e. The van der Waals surface area contributed by atoms with Gasteiger partial charge in [-0.25, -0.2) is 0 Å². The van der Waals surface area contributed by atoms with Crippen LogP contribution >= 0.6 is 0 Å². The van der Waals surface area contributed by atoms with Crippen molar-refractivity contribution < 1.29 is 0 Å². The molecule has 3 heteroatoms. The van der Waals surface area contributed by atoms with E-state index in [-0.39, 0.29) is 0 Å². The van der Waals surface area contributed by atoms with E-state index in [1.807, 2.05) is 6.08 Å². The zero-order chi connectivity index (χ0) is 10.6. The average Bonchev–Trinajstić information content (AvgIpc) is 2.19. The first-order valence-corrected chi connectivity index (χ1v) is 5.63. The van der Waals surface area contributed by atoms with Gasteiger partial charge < -0.3 is 17.2 Å². The van der Waals surface area contributed by atoms with Crippen LogP contribution in [0, 0.1) is 0 Å². The maximum atomic E-state index is 5.95. The lowest BCUT2D eigenvalue weighted by atomic mass is 10.0. The van der Waals surface area contributed by atoms with Crippen LogP contribution in [-0.4, -0.2) is 12.6 Å². The van der Waals surface area contributed by atoms with E-state index in [9.17, 15) is 0 Å². The maximum Gasteiger partial charge on any atom is 0.00389 e. The van der Waals surface area contributed by atoms with Crippen LogP contribution in [0.4, 0.5) is 0 Å². The lowest BCUT2D eigenvalue weighted by molar-refractivity contribution is 0.512. The summed E-state index contributed by atoms with van der Waals surface area (Å²) in [5.41, 5.74) is 16.6. The highest BCUT2D eigenvalue weighted by Crippen LogP contribution is 2.07. The molecule has 1 unspecified atom stereocenters. The van der Waals surface area contributed by atoms with E-state index in [1.165, 1.54) is 12.8 Å². The third kappa shape index (κ3) is 9.55. The summed E-state index contributed by atoms with van der Waals surface area (Å²) in [4.78, 5) is 0. The molecule has 0 heterocycles. The minimum Gasteiger partial charge on any atom is -0.405 e. The Morgan fingerprint density at radius 2 is 1.71 bits per heavy atom. The smallest absolute Gasteiger partial charge is 0.00389 e. The van der Waals surface area contributed by atoms with Crippen LogP contribution in [0.5, 0.6) is 0 Å². The van der Waals surface area contributed by atoms with Gasteiger partial charge in [0.2, 0.25) is 0 Å². The molecule has 0 aliphatic heterocycles. The van der Waals surface area contributed by atoms with Crippen LogP contribution < -0.4 is 17.2 Å². The molecule has 0 aromatic heterocycles. The predicted octanol–water partition coefficient (Wildman–Crippen LogP) is 1.48. The molecule has 1 atom stereocenters. The quantitative estimate of drug-likeness (QED) is 0.492. The van der Waals surface area contributed by atoms with E-state index in [2.05, 4.69) is 0 Å². The first-order chi connectivity index (χ1) is 6.81. The van der Waals surface area contributed by atoms with Gasteiger partial charge in [0.15, 0.2) is 0 Å². The SMILES string of the molecule is NC=CCCCC(N)CCCCCN. The normalized spacial score (nSPS) is 13.6. The van der Waals surface area contributed by atoms with Gasteiger partial charge in [-0.1, -0.05) is 18.9 Å². The monoisotopic (exact) mass is 199 g/mol. The molecule has 84 valence electrons. The van der Waals surface area contributed by atoms with Crippen molar-refractivity contribution in [1.82, 2.24) is 0 Å². The molecule has 0 bridgehead atoms. The third-order valence-electron chi connectivity index (χ3n) is 2.36. The molecule has 0 aromatic carbocycles. The fourth-order valence-corrected chi connectivity index (χ4v) is 1.47. The maximum absolute atomic E-state index is 5.95. The van der Waals surface area contributed by atoms with Gasteiger partial charge in [-0.3, -0.25) is 0 Å². The highest BCUT2D eigenvalue weighted by Gasteiger charge is 2.00. The molecule has 0 aliphatic carbocycles. The lowest BCUT2D eigenvalue weighted by Crippen LogP contribution is -2.19. The Kier molecular flexibility index (Phi) is 10.1. The van der Waals surface area contributed by atoms with E-state index in [1.54, 1.807) is 6.20 Å². The number of nitrogens with two attached hydrogens (primary N) is 3. The van der Waals surface area contributed by atoms with Crippen molar-refractivity contribution in [1.29, 1.82) is 0 Å². The summed E-state index contributed by atoms with van der Waals surface area (Å²) in [6.07, 6.45) is 11.6. The first-order valence-electron chi connectivity index (χ1n) is 5.63. The van der Waals surface area contributed by atoms with E-state index < -0.39 is 0 Å². The minimum absolute atomic E-state index is 0.360. The van der Waals surface area contributed by atoms with Crippen LogP contribution in [0.1, 0.15) is 44.9 Å². The summed E-state index contributed by atoms with van der Waals surface area (Å²) in [5, 5.41) is 0. The molecule has 3 nitrogen and oxygen atoms in total. The van der Waals surface area contributed by atoms with Crippen molar-refractivity contribution in [2.24, 2.45) is 17.2 Å². The Balaban J connectivity index is 3.15. The molecule has 6 N–H and O–H groups in total. The van der Waals surface area contributed by atoms with Crippen molar-refractivity contribution in [3.8, 4) is 0 Å². The summed E-state index contributed by atoms with van der Waals surface area (Å²) in [7, 11) is 0. The van der Waals surface area contributed by atoms with Crippen LogP contribution in [-0.2, 0) is 0 Å². The van der Waals surface area contributed by atoms with Gasteiger partial charge in [-0.2, -0.15) is 0 Å². The predicted molar refractivity (Wildman–Crippen MR) is 62.7 cm³/mol. The van der Waals surface area contributed by atoms with Crippen molar-refractivity contribution in [2.45, 2.75) is 51.0 Å². The van der Waals surface area contributed by atoms with E-state index in [4.69, 9.17) is 17.2 Å². The molecular weight excluding hydrogens is 174 g/mol. The zero-order valence-corrected chi connectivity index (χ0v) is 9.12. The summed E-state index contributed by atoms with van der Waals surface area (Å²) in [5.74, 6) is 0. The van der Waals surface area contributed by atoms with E-state index in [0.717, 1.165) is 38.6 Å². The highest BCUT2D eigenvalue weighted by molar-refractivity contribution is 4.76. The van der Waals surface area contributed by atoms with Gasteiger partial charge in [-0.15, -0.1) is 0 Å². The topological polar surface area (TPSA) is 78.1 Å². The second-order valence-electron chi connectivity index (χ2n) is 3.76. The molecular formula is C11H25N3. The molecule has 0 fully saturated rings. The molecule has 14 heavy (non-hydrogen) atoms. The van der Waals surface area contributed by atoms with Gasteiger partial charge in [0.1, 0.15) is 0 Å². The van der Waals surface area contributed by atoms with Crippen molar-refractivity contribution in [3.63, 3.8) is 0 Å². The fraction of sp³-hybridized carbons (Fsp3) is 0.818. The van der Waals surface area contributed by atoms with E-state index >= 15 is 0 Å². The Morgan fingerprint density at radius 1 is 1.00 bits per heavy atom. The molecule has 0 spiro atoms. The molecule has 0 amide bonds. The third-order valence-corrected chi connectivity index (χ3v) is 2.36. The van der Waals surface area contributed by atoms with Crippen molar-refractivity contribution >= 4 is 0 Å². The van der Waals surface area contributed by atoms with Crippen molar-refractivity contribution in [3.05, 3.63) is 12.3 Å². The van der Waals surface area contributed by atoms with Gasteiger partial charge in [0, 0.05) is 6.04 Å². The summed E-state index contributed by atoms with van der Waals surface area (Å²) < 4.78 is 0. The van der Waals surface area contributed by atoms with Crippen LogP contribution in [0.3, 0.4) is 0 Å². The highest BCUT2D eigenvalue weighted by atomic mass is 14.6. The van der Waals surface area contributed by atoms with Gasteiger partial charge in [0.05, 0.1) is 0 Å². The lowest BCUT2D eigenvalue weighted by Gasteiger charge is -2.09. The zero-order valence-electron chi connectivity index (χ0n) is 9.12. The van der Waals surface area contributed by atoms with Crippen LogP contribution in [0.2, 0.25) is 0 Å². The van der Waals surface area contributed by atoms with E-state index in [0.29, 0.717) is 6.04 Å². The average molecular weight is 199 g/mol. The number of unbranched alkanes of at least 4 members (excludes halogenated alkanes) is 3. The number of hydrogen-bond donors (Lipinski definition) is 3.